The number of rotatable bonds is 5. The summed E-state index contributed by atoms with van der Waals surface area (Å²) in [5, 5.41) is 9.55. The van der Waals surface area contributed by atoms with E-state index in [2.05, 4.69) is 4.90 Å². The lowest BCUT2D eigenvalue weighted by Crippen LogP contribution is -2.47. The number of hydrogen-bond acceptors (Lipinski definition) is 5. The van der Waals surface area contributed by atoms with E-state index < -0.39 is 0 Å². The van der Waals surface area contributed by atoms with Crippen molar-refractivity contribution < 1.29 is 14.6 Å². The summed E-state index contributed by atoms with van der Waals surface area (Å²) in [5.41, 5.74) is 8.36. The highest BCUT2D eigenvalue weighted by atomic mass is 16.6. The van der Waals surface area contributed by atoms with Gasteiger partial charge in [-0.2, -0.15) is 0 Å². The van der Waals surface area contributed by atoms with Gasteiger partial charge in [0.2, 0.25) is 0 Å². The maximum absolute atomic E-state index is 11.5. The van der Waals surface area contributed by atoms with Gasteiger partial charge >= 0.3 is 6.09 Å². The van der Waals surface area contributed by atoms with Crippen molar-refractivity contribution in [2.45, 2.75) is 38.0 Å². The number of carbonyl (C=O) groups is 1. The molecule has 2 fully saturated rings. The number of piperidine rings is 1. The third-order valence-corrected chi connectivity index (χ3v) is 4.71. The van der Waals surface area contributed by atoms with Crippen LogP contribution in [0.4, 0.5) is 10.5 Å². The molecule has 1 aromatic carbocycles. The Balaban J connectivity index is 1.49. The Hall–Kier alpha value is -1.63. The van der Waals surface area contributed by atoms with Crippen molar-refractivity contribution in [3.8, 4) is 0 Å². The van der Waals surface area contributed by atoms with Crippen molar-refractivity contribution >= 4 is 11.8 Å². The summed E-state index contributed by atoms with van der Waals surface area (Å²) in [7, 11) is 0. The number of aliphatic hydroxyl groups excluding tert-OH is 1. The minimum Gasteiger partial charge on any atom is -0.447 e. The zero-order valence-corrected chi connectivity index (χ0v) is 13.4. The molecule has 0 bridgehead atoms. The van der Waals surface area contributed by atoms with Gasteiger partial charge in [-0.05, 0) is 43.4 Å². The fourth-order valence-electron chi connectivity index (χ4n) is 3.19. The van der Waals surface area contributed by atoms with Crippen molar-refractivity contribution in [1.82, 2.24) is 4.90 Å². The van der Waals surface area contributed by atoms with E-state index in [4.69, 9.17) is 10.5 Å². The Bertz CT molecular complexity index is 526. The van der Waals surface area contributed by atoms with Crippen LogP contribution in [0.5, 0.6) is 0 Å². The largest absolute Gasteiger partial charge is 0.447 e. The van der Waals surface area contributed by atoms with E-state index in [9.17, 15) is 9.90 Å². The van der Waals surface area contributed by atoms with Gasteiger partial charge in [0.15, 0.2) is 0 Å². The number of likely N-dealkylation sites (tertiary alicyclic amines) is 1. The molecule has 6 nitrogen and oxygen atoms in total. The summed E-state index contributed by atoms with van der Waals surface area (Å²) in [6, 6.07) is 8.02. The molecule has 1 amide bonds. The maximum atomic E-state index is 11.5. The van der Waals surface area contributed by atoms with Crippen LogP contribution in [0.15, 0.2) is 24.3 Å². The molecule has 1 atom stereocenters. The van der Waals surface area contributed by atoms with E-state index >= 15 is 0 Å². The first-order valence-corrected chi connectivity index (χ1v) is 8.34. The summed E-state index contributed by atoms with van der Waals surface area (Å²) >= 11 is 0. The lowest BCUT2D eigenvalue weighted by molar-refractivity contribution is 0.0600. The first-order valence-electron chi connectivity index (χ1n) is 8.34. The number of aryl methyl sites for hydroxylation is 1. The third-order valence-electron chi connectivity index (χ3n) is 4.71. The van der Waals surface area contributed by atoms with Crippen LogP contribution >= 0.6 is 0 Å². The van der Waals surface area contributed by atoms with Crippen LogP contribution < -0.4 is 10.6 Å². The molecule has 126 valence electrons. The molecule has 0 saturated carbocycles. The fraction of sp³-hybridized carbons (Fsp3) is 0.588. The minimum absolute atomic E-state index is 0.0377. The number of aliphatic hydroxyl groups is 1. The second-order valence-electron chi connectivity index (χ2n) is 6.31. The molecule has 0 radical (unpaired) electrons. The summed E-state index contributed by atoms with van der Waals surface area (Å²) < 4.78 is 4.95. The van der Waals surface area contributed by atoms with Crippen LogP contribution in [0, 0.1) is 0 Å². The Morgan fingerprint density at radius 1 is 1.22 bits per heavy atom. The Kier molecular flexibility index (Phi) is 5.15. The van der Waals surface area contributed by atoms with E-state index in [0.717, 1.165) is 44.5 Å². The van der Waals surface area contributed by atoms with Gasteiger partial charge in [-0.3, -0.25) is 9.80 Å². The monoisotopic (exact) mass is 319 g/mol. The molecule has 6 heteroatoms. The lowest BCUT2D eigenvalue weighted by Gasteiger charge is -2.34. The fourth-order valence-corrected chi connectivity index (χ4v) is 3.19. The van der Waals surface area contributed by atoms with E-state index in [1.165, 1.54) is 5.56 Å². The Morgan fingerprint density at radius 2 is 1.91 bits per heavy atom. The molecule has 0 aromatic heterocycles. The van der Waals surface area contributed by atoms with E-state index in [0.29, 0.717) is 13.2 Å². The second-order valence-corrected chi connectivity index (χ2v) is 6.31. The summed E-state index contributed by atoms with van der Waals surface area (Å²) in [5.74, 6) is 0. The topological polar surface area (TPSA) is 79.0 Å². The average molecular weight is 319 g/mol. The van der Waals surface area contributed by atoms with Crippen molar-refractivity contribution in [3.63, 3.8) is 0 Å². The molecule has 0 unspecified atom stereocenters. The number of ether oxygens (including phenoxy) is 1. The third kappa shape index (κ3) is 4.02. The maximum Gasteiger partial charge on any atom is 0.414 e. The Morgan fingerprint density at radius 3 is 2.52 bits per heavy atom. The number of nitrogens with zero attached hydrogens (tertiary/aromatic N) is 2. The quantitative estimate of drug-likeness (QED) is 0.856. The standard InChI is InChI=1S/C17H25N3O3/c18-16(19-9-7-15(21)8-10-19)6-3-13-1-4-14(5-2-13)20-11-12-23-17(20)22/h1-2,4-5,15-16,21H,3,6-12,18H2/t16-/m0/s1. The highest BCUT2D eigenvalue weighted by molar-refractivity contribution is 5.89. The number of carbonyl (C=O) groups excluding carboxylic acids is 1. The van der Waals surface area contributed by atoms with Crippen molar-refractivity contribution in [2.75, 3.05) is 31.1 Å². The zero-order chi connectivity index (χ0) is 16.2. The number of amides is 1. The van der Waals surface area contributed by atoms with Crippen LogP contribution in [0.3, 0.4) is 0 Å². The molecule has 0 aliphatic carbocycles. The number of benzene rings is 1. The minimum atomic E-state index is -0.271. The number of anilines is 1. The van der Waals surface area contributed by atoms with E-state index in [1.807, 2.05) is 24.3 Å². The Labute approximate surface area is 136 Å². The first-order chi connectivity index (χ1) is 11.1. The second kappa shape index (κ2) is 7.29. The van der Waals surface area contributed by atoms with Gasteiger partial charge in [0, 0.05) is 18.8 Å². The SMILES string of the molecule is N[C@H](CCc1ccc(N2CCOC2=O)cc1)N1CCC(O)CC1. The molecule has 23 heavy (non-hydrogen) atoms. The normalized spacial score (nSPS) is 21.5. The van der Waals surface area contributed by atoms with E-state index in [-0.39, 0.29) is 18.4 Å². The number of cyclic esters (lactones) is 1. The molecule has 0 spiro atoms. The molecule has 2 aliphatic heterocycles. The highest BCUT2D eigenvalue weighted by Gasteiger charge is 2.23. The average Bonchev–Trinajstić information content (AvgIpc) is 3.00. The predicted octanol–water partition coefficient (Wildman–Crippen LogP) is 1.32. The smallest absolute Gasteiger partial charge is 0.414 e. The van der Waals surface area contributed by atoms with Crippen molar-refractivity contribution in [3.05, 3.63) is 29.8 Å². The molecule has 2 aliphatic rings. The zero-order valence-electron chi connectivity index (χ0n) is 13.4. The summed E-state index contributed by atoms with van der Waals surface area (Å²) in [6.07, 6.45) is 3.03. The van der Waals surface area contributed by atoms with Crippen molar-refractivity contribution in [2.24, 2.45) is 5.73 Å². The van der Waals surface area contributed by atoms with E-state index in [1.54, 1.807) is 4.90 Å². The van der Waals surface area contributed by atoms with Crippen molar-refractivity contribution in [1.29, 1.82) is 0 Å². The van der Waals surface area contributed by atoms with Gasteiger partial charge in [-0.25, -0.2) is 4.79 Å². The molecule has 2 saturated heterocycles. The first kappa shape index (κ1) is 16.2. The van der Waals surface area contributed by atoms with Gasteiger partial charge in [0.05, 0.1) is 18.8 Å². The summed E-state index contributed by atoms with van der Waals surface area (Å²) in [4.78, 5) is 15.4. The molecule has 2 heterocycles. The van der Waals surface area contributed by atoms with Gasteiger partial charge in [-0.1, -0.05) is 12.1 Å². The number of nitrogens with two attached hydrogens (primary N) is 1. The van der Waals surface area contributed by atoms with Gasteiger partial charge in [0.1, 0.15) is 6.61 Å². The van der Waals surface area contributed by atoms with Crippen LogP contribution in [0.25, 0.3) is 0 Å². The van der Waals surface area contributed by atoms with Gasteiger partial charge in [-0.15, -0.1) is 0 Å². The molecular weight excluding hydrogens is 294 g/mol. The van der Waals surface area contributed by atoms with Crippen LogP contribution in [-0.4, -0.2) is 54.6 Å². The molecular formula is C17H25N3O3. The molecule has 1 aromatic rings. The lowest BCUT2D eigenvalue weighted by atomic mass is 10.0. The predicted molar refractivity (Wildman–Crippen MR) is 88.2 cm³/mol. The highest BCUT2D eigenvalue weighted by Crippen LogP contribution is 2.20. The van der Waals surface area contributed by atoms with Gasteiger partial charge in [0.25, 0.3) is 0 Å². The van der Waals surface area contributed by atoms with Crippen LogP contribution in [0.2, 0.25) is 0 Å². The summed E-state index contributed by atoms with van der Waals surface area (Å²) in [6.45, 7) is 2.82. The number of hydrogen-bond donors (Lipinski definition) is 2. The van der Waals surface area contributed by atoms with Crippen LogP contribution in [0.1, 0.15) is 24.8 Å². The van der Waals surface area contributed by atoms with Gasteiger partial charge < -0.3 is 15.6 Å². The molecule has 3 N–H and O–H groups in total. The van der Waals surface area contributed by atoms with Crippen LogP contribution in [-0.2, 0) is 11.2 Å². The molecule has 3 rings (SSSR count).